The predicted molar refractivity (Wildman–Crippen MR) is 101 cm³/mol. The molecule has 0 aromatic carbocycles. The maximum Gasteiger partial charge on any atom is 0.219 e. The van der Waals surface area contributed by atoms with Crippen molar-refractivity contribution in [1.82, 2.24) is 24.6 Å². The van der Waals surface area contributed by atoms with Crippen LogP contribution in [-0.4, -0.2) is 50.7 Å². The Bertz CT molecular complexity index is 797. The number of carbonyl (C=O) groups is 1. The van der Waals surface area contributed by atoms with E-state index in [2.05, 4.69) is 42.1 Å². The highest BCUT2D eigenvalue weighted by Gasteiger charge is 2.22. The second-order valence-electron chi connectivity index (χ2n) is 7.30. The van der Waals surface area contributed by atoms with Gasteiger partial charge < -0.3 is 9.80 Å². The molecule has 26 heavy (non-hydrogen) atoms. The first-order chi connectivity index (χ1) is 12.3. The molecule has 7 nitrogen and oxygen atoms in total. The minimum absolute atomic E-state index is 0.124. The smallest absolute Gasteiger partial charge is 0.219 e. The number of hydrogen-bond donors (Lipinski definition) is 0. The second-order valence-corrected chi connectivity index (χ2v) is 7.30. The van der Waals surface area contributed by atoms with Crippen LogP contribution in [-0.2, 0) is 24.2 Å². The third-order valence-corrected chi connectivity index (χ3v) is 4.84. The van der Waals surface area contributed by atoms with E-state index in [0.29, 0.717) is 6.04 Å². The van der Waals surface area contributed by atoms with Gasteiger partial charge in [0.25, 0.3) is 0 Å². The molecule has 0 fully saturated rings. The van der Waals surface area contributed by atoms with Gasteiger partial charge >= 0.3 is 0 Å². The zero-order valence-corrected chi connectivity index (χ0v) is 16.4. The Morgan fingerprint density at radius 3 is 2.65 bits per heavy atom. The number of aryl methyl sites for hydroxylation is 1. The average Bonchev–Trinajstić information content (AvgIpc) is 2.93. The SMILES string of the molecule is CC(=O)N1CCc2nc(C)nc(N(C)Cc3cnn(C(C)C)c3)c2CC1. The van der Waals surface area contributed by atoms with E-state index in [1.54, 1.807) is 6.92 Å². The summed E-state index contributed by atoms with van der Waals surface area (Å²) in [5.74, 6) is 1.87. The Kier molecular flexibility index (Phi) is 5.25. The van der Waals surface area contributed by atoms with Crippen molar-refractivity contribution in [2.24, 2.45) is 0 Å². The lowest BCUT2D eigenvalue weighted by atomic mass is 10.1. The molecule has 0 spiro atoms. The average molecular weight is 356 g/mol. The van der Waals surface area contributed by atoms with Crippen molar-refractivity contribution in [1.29, 1.82) is 0 Å². The molecular formula is C19H28N6O. The molecule has 3 rings (SSSR count). The van der Waals surface area contributed by atoms with E-state index in [-0.39, 0.29) is 5.91 Å². The zero-order chi connectivity index (χ0) is 18.8. The van der Waals surface area contributed by atoms with Crippen LogP contribution in [0.1, 0.15) is 49.5 Å². The van der Waals surface area contributed by atoms with E-state index < -0.39 is 0 Å². The van der Waals surface area contributed by atoms with E-state index in [0.717, 1.165) is 60.9 Å². The summed E-state index contributed by atoms with van der Waals surface area (Å²) in [4.78, 5) is 25.2. The largest absolute Gasteiger partial charge is 0.355 e. The van der Waals surface area contributed by atoms with Crippen LogP contribution in [0.5, 0.6) is 0 Å². The second kappa shape index (κ2) is 7.43. The molecule has 0 bridgehead atoms. The lowest BCUT2D eigenvalue weighted by Crippen LogP contribution is -2.31. The third kappa shape index (κ3) is 3.86. The number of nitrogens with zero attached hydrogens (tertiary/aromatic N) is 6. The van der Waals surface area contributed by atoms with E-state index in [1.165, 1.54) is 0 Å². The Morgan fingerprint density at radius 2 is 2.00 bits per heavy atom. The van der Waals surface area contributed by atoms with Crippen molar-refractivity contribution in [3.05, 3.63) is 35.0 Å². The van der Waals surface area contributed by atoms with Crippen LogP contribution in [0.4, 0.5) is 5.82 Å². The first kappa shape index (κ1) is 18.4. The number of anilines is 1. The molecule has 2 aromatic rings. The van der Waals surface area contributed by atoms with E-state index in [4.69, 9.17) is 4.98 Å². The number of aromatic nitrogens is 4. The summed E-state index contributed by atoms with van der Waals surface area (Å²) >= 11 is 0. The summed E-state index contributed by atoms with van der Waals surface area (Å²) in [5, 5.41) is 4.42. The first-order valence-electron chi connectivity index (χ1n) is 9.21. The fourth-order valence-corrected chi connectivity index (χ4v) is 3.42. The molecule has 140 valence electrons. The summed E-state index contributed by atoms with van der Waals surface area (Å²) in [6, 6.07) is 0.351. The van der Waals surface area contributed by atoms with Gasteiger partial charge in [0.2, 0.25) is 5.91 Å². The molecule has 0 saturated heterocycles. The topological polar surface area (TPSA) is 67.2 Å². The molecule has 1 aliphatic heterocycles. The van der Waals surface area contributed by atoms with Gasteiger partial charge in [0.05, 0.1) is 11.9 Å². The first-order valence-corrected chi connectivity index (χ1v) is 9.21. The van der Waals surface area contributed by atoms with Crippen LogP contribution < -0.4 is 4.90 Å². The van der Waals surface area contributed by atoms with Crippen molar-refractivity contribution >= 4 is 11.7 Å². The van der Waals surface area contributed by atoms with Crippen LogP contribution in [0.3, 0.4) is 0 Å². The van der Waals surface area contributed by atoms with Crippen LogP contribution in [0.25, 0.3) is 0 Å². The molecule has 3 heterocycles. The number of hydrogen-bond acceptors (Lipinski definition) is 5. The molecule has 0 aliphatic carbocycles. The maximum absolute atomic E-state index is 11.8. The lowest BCUT2D eigenvalue weighted by Gasteiger charge is -2.22. The van der Waals surface area contributed by atoms with Gasteiger partial charge in [-0.1, -0.05) is 0 Å². The molecule has 1 aliphatic rings. The molecule has 0 unspecified atom stereocenters. The van der Waals surface area contributed by atoms with Crippen molar-refractivity contribution in [3.8, 4) is 0 Å². The van der Waals surface area contributed by atoms with Crippen LogP contribution in [0, 0.1) is 6.92 Å². The number of carbonyl (C=O) groups excluding carboxylic acids is 1. The van der Waals surface area contributed by atoms with Gasteiger partial charge in [0, 0.05) is 63.4 Å². The van der Waals surface area contributed by atoms with E-state index in [1.807, 2.05) is 22.7 Å². The van der Waals surface area contributed by atoms with E-state index in [9.17, 15) is 4.79 Å². The van der Waals surface area contributed by atoms with Gasteiger partial charge in [-0.25, -0.2) is 9.97 Å². The standard InChI is InChI=1S/C19H28N6O/c1-13(2)25-12-16(10-20-25)11-23(5)19-17-6-8-24(15(4)26)9-7-18(17)21-14(3)22-19/h10,12-13H,6-9,11H2,1-5H3. The Hall–Kier alpha value is -2.44. The minimum Gasteiger partial charge on any atom is -0.355 e. The summed E-state index contributed by atoms with van der Waals surface area (Å²) in [5.41, 5.74) is 3.39. The monoisotopic (exact) mass is 356 g/mol. The predicted octanol–water partition coefficient (Wildman–Crippen LogP) is 2.15. The van der Waals surface area contributed by atoms with Gasteiger partial charge in [-0.3, -0.25) is 9.48 Å². The number of amides is 1. The van der Waals surface area contributed by atoms with E-state index >= 15 is 0 Å². The summed E-state index contributed by atoms with van der Waals surface area (Å²) < 4.78 is 1.97. The Balaban J connectivity index is 1.85. The van der Waals surface area contributed by atoms with Gasteiger partial charge in [-0.15, -0.1) is 0 Å². The molecule has 0 N–H and O–H groups in total. The maximum atomic E-state index is 11.8. The van der Waals surface area contributed by atoms with Crippen LogP contribution >= 0.6 is 0 Å². The highest BCUT2D eigenvalue weighted by Crippen LogP contribution is 2.25. The van der Waals surface area contributed by atoms with Crippen LogP contribution in [0.15, 0.2) is 12.4 Å². The number of fused-ring (bicyclic) bond motifs is 1. The summed E-state index contributed by atoms with van der Waals surface area (Å²) in [7, 11) is 2.06. The van der Waals surface area contributed by atoms with Gasteiger partial charge in [0.15, 0.2) is 0 Å². The fraction of sp³-hybridized carbons (Fsp3) is 0.579. The molecule has 0 saturated carbocycles. The lowest BCUT2D eigenvalue weighted by molar-refractivity contribution is -0.128. The summed E-state index contributed by atoms with van der Waals surface area (Å²) in [6.45, 7) is 9.99. The van der Waals surface area contributed by atoms with Crippen molar-refractivity contribution in [3.63, 3.8) is 0 Å². The highest BCUT2D eigenvalue weighted by molar-refractivity contribution is 5.73. The molecule has 0 atom stereocenters. The highest BCUT2D eigenvalue weighted by atomic mass is 16.2. The zero-order valence-electron chi connectivity index (χ0n) is 16.4. The Morgan fingerprint density at radius 1 is 1.27 bits per heavy atom. The normalized spacial score (nSPS) is 14.3. The quantitative estimate of drug-likeness (QED) is 0.840. The van der Waals surface area contributed by atoms with Crippen molar-refractivity contribution in [2.75, 3.05) is 25.0 Å². The fourth-order valence-electron chi connectivity index (χ4n) is 3.42. The molecule has 0 radical (unpaired) electrons. The Labute approximate surface area is 155 Å². The molecule has 1 amide bonds. The van der Waals surface area contributed by atoms with Crippen molar-refractivity contribution < 1.29 is 4.79 Å². The van der Waals surface area contributed by atoms with Gasteiger partial charge in [0.1, 0.15) is 11.6 Å². The van der Waals surface area contributed by atoms with Crippen molar-refractivity contribution in [2.45, 2.75) is 53.1 Å². The van der Waals surface area contributed by atoms with Gasteiger partial charge in [-0.2, -0.15) is 5.10 Å². The molecule has 7 heteroatoms. The molecular weight excluding hydrogens is 328 g/mol. The summed E-state index contributed by atoms with van der Waals surface area (Å²) in [6.07, 6.45) is 5.58. The third-order valence-electron chi connectivity index (χ3n) is 4.84. The van der Waals surface area contributed by atoms with Gasteiger partial charge in [-0.05, 0) is 27.2 Å². The number of rotatable bonds is 4. The van der Waals surface area contributed by atoms with Crippen LogP contribution in [0.2, 0.25) is 0 Å². The molecule has 2 aromatic heterocycles. The minimum atomic E-state index is 0.124.